The van der Waals surface area contributed by atoms with Crippen LogP contribution in [0.15, 0.2) is 85.2 Å². The molecule has 0 fully saturated rings. The summed E-state index contributed by atoms with van der Waals surface area (Å²) in [7, 11) is 0. The van der Waals surface area contributed by atoms with Gasteiger partial charge in [0, 0.05) is 6.07 Å². The summed E-state index contributed by atoms with van der Waals surface area (Å²) in [5.74, 6) is -1.17. The lowest BCUT2D eigenvalue weighted by atomic mass is 9.99. The number of pyridine rings is 1. The molecule has 0 unspecified atom stereocenters. The molecule has 0 saturated heterocycles. The second kappa shape index (κ2) is 8.62. The molecule has 3 aromatic rings. The van der Waals surface area contributed by atoms with Crippen LogP contribution in [0.25, 0.3) is 0 Å². The predicted molar refractivity (Wildman–Crippen MR) is 98.6 cm³/mol. The van der Waals surface area contributed by atoms with E-state index in [2.05, 4.69) is 5.32 Å². The quantitative estimate of drug-likeness (QED) is 0.415. The standard InChI is InChI=1S/C21H18N2O4/c24-19(15-27-21(25)18-12-7-13-23(26)14-18)22-20(16-8-3-1-4-9-16)17-10-5-2-6-11-17/h1-14,20H,15H2,(H,22,24). The number of carbonyl (C=O) groups excluding carboxylic acids is 2. The Hall–Kier alpha value is -3.67. The molecule has 0 aliphatic carbocycles. The first kappa shape index (κ1) is 18.1. The van der Waals surface area contributed by atoms with E-state index in [4.69, 9.17) is 4.74 Å². The van der Waals surface area contributed by atoms with Crippen molar-refractivity contribution in [2.45, 2.75) is 6.04 Å². The van der Waals surface area contributed by atoms with Gasteiger partial charge in [-0.25, -0.2) is 4.79 Å². The number of hydrogen-bond acceptors (Lipinski definition) is 4. The summed E-state index contributed by atoms with van der Waals surface area (Å²) in [6, 6.07) is 21.6. The summed E-state index contributed by atoms with van der Waals surface area (Å²) in [5, 5.41) is 14.1. The molecule has 136 valence electrons. The fraction of sp³-hybridized carbons (Fsp3) is 0.0952. The topological polar surface area (TPSA) is 82.3 Å². The Balaban J connectivity index is 1.67. The Kier molecular flexibility index (Phi) is 5.79. The van der Waals surface area contributed by atoms with Crippen LogP contribution in [-0.4, -0.2) is 18.5 Å². The van der Waals surface area contributed by atoms with Gasteiger partial charge in [0.25, 0.3) is 5.91 Å². The van der Waals surface area contributed by atoms with Gasteiger partial charge in [-0.1, -0.05) is 60.7 Å². The Bertz CT molecular complexity index is 874. The van der Waals surface area contributed by atoms with Gasteiger partial charge in [-0.15, -0.1) is 0 Å². The van der Waals surface area contributed by atoms with Crippen molar-refractivity contribution >= 4 is 11.9 Å². The molecule has 0 aliphatic heterocycles. The van der Waals surface area contributed by atoms with Gasteiger partial charge in [0.15, 0.2) is 19.0 Å². The van der Waals surface area contributed by atoms with Gasteiger partial charge in [-0.05, 0) is 17.2 Å². The minimum atomic E-state index is -0.730. The number of hydrogen-bond donors (Lipinski definition) is 1. The van der Waals surface area contributed by atoms with Crippen LogP contribution >= 0.6 is 0 Å². The largest absolute Gasteiger partial charge is 0.619 e. The van der Waals surface area contributed by atoms with E-state index in [0.717, 1.165) is 17.3 Å². The highest BCUT2D eigenvalue weighted by Gasteiger charge is 2.18. The summed E-state index contributed by atoms with van der Waals surface area (Å²) < 4.78 is 5.51. The van der Waals surface area contributed by atoms with Gasteiger partial charge in [-0.3, -0.25) is 4.79 Å². The lowest BCUT2D eigenvalue weighted by Gasteiger charge is -2.19. The van der Waals surface area contributed by atoms with E-state index in [1.807, 2.05) is 60.7 Å². The van der Waals surface area contributed by atoms with Gasteiger partial charge in [-0.2, -0.15) is 4.73 Å². The lowest BCUT2D eigenvalue weighted by molar-refractivity contribution is -0.605. The molecule has 0 bridgehead atoms. The molecule has 1 amide bonds. The third-order valence-electron chi connectivity index (χ3n) is 3.92. The van der Waals surface area contributed by atoms with Crippen LogP contribution in [0, 0.1) is 5.21 Å². The number of esters is 1. The van der Waals surface area contributed by atoms with Crippen LogP contribution < -0.4 is 10.0 Å². The van der Waals surface area contributed by atoms with Crippen molar-refractivity contribution in [3.05, 3.63) is 107 Å². The average molecular weight is 362 g/mol. The molecule has 1 N–H and O–H groups in total. The molecular formula is C21H18N2O4. The molecule has 0 saturated carbocycles. The summed E-state index contributed by atoms with van der Waals surface area (Å²) >= 11 is 0. The van der Waals surface area contributed by atoms with E-state index < -0.39 is 18.5 Å². The number of rotatable bonds is 6. The molecule has 27 heavy (non-hydrogen) atoms. The van der Waals surface area contributed by atoms with Crippen LogP contribution in [0.1, 0.15) is 27.5 Å². The number of nitrogens with zero attached hydrogens (tertiary/aromatic N) is 1. The zero-order valence-electron chi connectivity index (χ0n) is 14.4. The number of benzene rings is 2. The zero-order chi connectivity index (χ0) is 19.1. The van der Waals surface area contributed by atoms with E-state index in [9.17, 15) is 14.8 Å². The molecule has 0 spiro atoms. The minimum Gasteiger partial charge on any atom is -0.619 e. The highest BCUT2D eigenvalue weighted by molar-refractivity contribution is 5.90. The monoisotopic (exact) mass is 362 g/mol. The van der Waals surface area contributed by atoms with Crippen molar-refractivity contribution in [3.8, 4) is 0 Å². The number of carbonyl (C=O) groups is 2. The molecule has 0 radical (unpaired) electrons. The van der Waals surface area contributed by atoms with Gasteiger partial charge < -0.3 is 15.3 Å². The first-order valence-corrected chi connectivity index (χ1v) is 8.38. The van der Waals surface area contributed by atoms with Crippen LogP contribution in [0.4, 0.5) is 0 Å². The summed E-state index contributed by atoms with van der Waals surface area (Å²) in [6.45, 7) is -0.442. The number of amides is 1. The highest BCUT2D eigenvalue weighted by atomic mass is 16.5. The Morgan fingerprint density at radius 3 is 2.07 bits per heavy atom. The molecular weight excluding hydrogens is 344 g/mol. The number of nitrogens with one attached hydrogen (secondary N) is 1. The number of aromatic nitrogens is 1. The maximum absolute atomic E-state index is 12.3. The molecule has 3 rings (SSSR count). The maximum Gasteiger partial charge on any atom is 0.344 e. The second-order valence-electron chi connectivity index (χ2n) is 5.85. The lowest BCUT2D eigenvalue weighted by Crippen LogP contribution is -2.33. The summed E-state index contributed by atoms with van der Waals surface area (Å²) in [5.41, 5.74) is 1.92. The van der Waals surface area contributed by atoms with Gasteiger partial charge in [0.05, 0.1) is 6.04 Å². The molecule has 6 nitrogen and oxygen atoms in total. The normalized spacial score (nSPS) is 10.4. The van der Waals surface area contributed by atoms with Crippen molar-refractivity contribution in [2.24, 2.45) is 0 Å². The van der Waals surface area contributed by atoms with Crippen molar-refractivity contribution < 1.29 is 19.1 Å². The van der Waals surface area contributed by atoms with Gasteiger partial charge in [0.1, 0.15) is 5.56 Å². The van der Waals surface area contributed by atoms with E-state index in [1.54, 1.807) is 0 Å². The van der Waals surface area contributed by atoms with Crippen LogP contribution in [0.5, 0.6) is 0 Å². The molecule has 2 aromatic carbocycles. The highest BCUT2D eigenvalue weighted by Crippen LogP contribution is 2.21. The summed E-state index contributed by atoms with van der Waals surface area (Å²) in [6.07, 6.45) is 2.35. The molecule has 1 heterocycles. The minimum absolute atomic E-state index is 0.0861. The van der Waals surface area contributed by atoms with E-state index in [1.165, 1.54) is 18.3 Å². The zero-order valence-corrected chi connectivity index (χ0v) is 14.4. The van der Waals surface area contributed by atoms with Crippen molar-refractivity contribution in [1.82, 2.24) is 5.32 Å². The van der Waals surface area contributed by atoms with E-state index in [-0.39, 0.29) is 11.6 Å². The third kappa shape index (κ3) is 4.92. The van der Waals surface area contributed by atoms with Crippen LogP contribution in [-0.2, 0) is 9.53 Å². The van der Waals surface area contributed by atoms with Crippen molar-refractivity contribution in [1.29, 1.82) is 0 Å². The van der Waals surface area contributed by atoms with Crippen molar-refractivity contribution in [3.63, 3.8) is 0 Å². The first-order chi connectivity index (χ1) is 13.1. The third-order valence-corrected chi connectivity index (χ3v) is 3.92. The van der Waals surface area contributed by atoms with Crippen molar-refractivity contribution in [2.75, 3.05) is 6.61 Å². The Labute approximate surface area is 156 Å². The average Bonchev–Trinajstić information content (AvgIpc) is 2.71. The first-order valence-electron chi connectivity index (χ1n) is 8.38. The van der Waals surface area contributed by atoms with Crippen LogP contribution in [0.3, 0.4) is 0 Å². The van der Waals surface area contributed by atoms with E-state index in [0.29, 0.717) is 4.73 Å². The second-order valence-corrected chi connectivity index (χ2v) is 5.85. The smallest absolute Gasteiger partial charge is 0.344 e. The van der Waals surface area contributed by atoms with Crippen LogP contribution in [0.2, 0.25) is 0 Å². The summed E-state index contributed by atoms with van der Waals surface area (Å²) in [4.78, 5) is 24.3. The maximum atomic E-state index is 12.3. The molecule has 0 aliphatic rings. The fourth-order valence-electron chi connectivity index (χ4n) is 2.64. The molecule has 1 aromatic heterocycles. The SMILES string of the molecule is O=C(COC(=O)c1ccc[n+]([O-])c1)NC(c1ccccc1)c1ccccc1. The molecule has 0 atom stereocenters. The predicted octanol–water partition coefficient (Wildman–Crippen LogP) is 2.38. The Morgan fingerprint density at radius 1 is 0.926 bits per heavy atom. The Morgan fingerprint density at radius 2 is 1.52 bits per heavy atom. The van der Waals surface area contributed by atoms with Gasteiger partial charge in [0.2, 0.25) is 0 Å². The van der Waals surface area contributed by atoms with E-state index >= 15 is 0 Å². The fourth-order valence-corrected chi connectivity index (χ4v) is 2.64. The number of ether oxygens (including phenoxy) is 1. The molecule has 6 heteroatoms. The van der Waals surface area contributed by atoms with Gasteiger partial charge >= 0.3 is 5.97 Å².